The standard InChI is InChI=1S/C17H23ClN2O3/c18-12-1-3-13(4-2-12)19-8-5-14(6-9-19)20-10-7-16(21)15(11-20)17(22)23/h1-4,14-16,21H,5-11H2,(H,22,23). The summed E-state index contributed by atoms with van der Waals surface area (Å²) in [5.41, 5.74) is 1.19. The van der Waals surface area contributed by atoms with Crippen molar-refractivity contribution < 1.29 is 15.0 Å². The van der Waals surface area contributed by atoms with E-state index in [1.165, 1.54) is 5.69 Å². The summed E-state index contributed by atoms with van der Waals surface area (Å²) in [5.74, 6) is -1.54. The van der Waals surface area contributed by atoms with Gasteiger partial charge in [-0.05, 0) is 43.5 Å². The van der Waals surface area contributed by atoms with Crippen LogP contribution in [-0.4, -0.2) is 59.4 Å². The quantitative estimate of drug-likeness (QED) is 0.883. The number of hydrogen-bond acceptors (Lipinski definition) is 4. The summed E-state index contributed by atoms with van der Waals surface area (Å²) in [6.07, 6.45) is 1.88. The van der Waals surface area contributed by atoms with Gasteiger partial charge in [0.25, 0.3) is 0 Å². The molecule has 0 aliphatic carbocycles. The zero-order valence-corrected chi connectivity index (χ0v) is 13.8. The molecule has 0 spiro atoms. The van der Waals surface area contributed by atoms with Gasteiger partial charge in [0.1, 0.15) is 0 Å². The van der Waals surface area contributed by atoms with E-state index in [4.69, 9.17) is 11.6 Å². The summed E-state index contributed by atoms with van der Waals surface area (Å²) < 4.78 is 0. The molecule has 0 radical (unpaired) electrons. The van der Waals surface area contributed by atoms with Crippen molar-refractivity contribution in [2.75, 3.05) is 31.1 Å². The lowest BCUT2D eigenvalue weighted by atomic mass is 9.91. The smallest absolute Gasteiger partial charge is 0.310 e. The molecule has 5 nitrogen and oxygen atoms in total. The summed E-state index contributed by atoms with van der Waals surface area (Å²) >= 11 is 5.93. The van der Waals surface area contributed by atoms with Crippen LogP contribution in [0.25, 0.3) is 0 Å². The van der Waals surface area contributed by atoms with Crippen LogP contribution in [0.3, 0.4) is 0 Å². The maximum Gasteiger partial charge on any atom is 0.310 e. The predicted octanol–water partition coefficient (Wildman–Crippen LogP) is 2.08. The normalized spacial score (nSPS) is 27.1. The molecule has 0 bridgehead atoms. The molecule has 6 heteroatoms. The molecule has 2 fully saturated rings. The van der Waals surface area contributed by atoms with Gasteiger partial charge in [-0.25, -0.2) is 0 Å². The van der Waals surface area contributed by atoms with E-state index >= 15 is 0 Å². The van der Waals surface area contributed by atoms with E-state index < -0.39 is 18.0 Å². The minimum atomic E-state index is -0.888. The second kappa shape index (κ2) is 7.07. The Balaban J connectivity index is 1.56. The number of halogens is 1. The first-order chi connectivity index (χ1) is 11.0. The van der Waals surface area contributed by atoms with Crippen LogP contribution in [0.5, 0.6) is 0 Å². The van der Waals surface area contributed by atoms with Crippen molar-refractivity contribution in [2.24, 2.45) is 5.92 Å². The third-order valence-corrected chi connectivity index (χ3v) is 5.35. The number of aliphatic hydroxyl groups is 1. The van der Waals surface area contributed by atoms with E-state index in [0.717, 1.165) is 37.5 Å². The number of aliphatic carboxylic acids is 1. The summed E-state index contributed by atoms with van der Waals surface area (Å²) in [4.78, 5) is 15.9. The number of likely N-dealkylation sites (tertiary alicyclic amines) is 1. The monoisotopic (exact) mass is 338 g/mol. The fourth-order valence-corrected chi connectivity index (χ4v) is 3.81. The van der Waals surface area contributed by atoms with Gasteiger partial charge in [0.05, 0.1) is 12.0 Å². The van der Waals surface area contributed by atoms with E-state index in [0.29, 0.717) is 19.0 Å². The summed E-state index contributed by atoms with van der Waals surface area (Å²) in [5, 5.41) is 19.8. The van der Waals surface area contributed by atoms with Crippen LogP contribution in [0, 0.1) is 5.92 Å². The first-order valence-corrected chi connectivity index (χ1v) is 8.58. The van der Waals surface area contributed by atoms with Crippen molar-refractivity contribution >= 4 is 23.3 Å². The van der Waals surface area contributed by atoms with Crippen LogP contribution >= 0.6 is 11.6 Å². The van der Waals surface area contributed by atoms with Gasteiger partial charge in [-0.15, -0.1) is 0 Å². The molecule has 23 heavy (non-hydrogen) atoms. The molecule has 2 aliphatic rings. The van der Waals surface area contributed by atoms with Crippen LogP contribution in [0.15, 0.2) is 24.3 Å². The van der Waals surface area contributed by atoms with Gasteiger partial charge in [-0.1, -0.05) is 11.6 Å². The number of benzene rings is 1. The minimum Gasteiger partial charge on any atom is -0.481 e. The molecule has 126 valence electrons. The highest BCUT2D eigenvalue weighted by Crippen LogP contribution is 2.27. The maximum absolute atomic E-state index is 11.3. The molecule has 3 rings (SSSR count). The molecule has 2 N–H and O–H groups in total. The molecule has 0 amide bonds. The lowest BCUT2D eigenvalue weighted by Gasteiger charge is -2.43. The van der Waals surface area contributed by atoms with Crippen molar-refractivity contribution in [3.63, 3.8) is 0 Å². The minimum absolute atomic E-state index is 0.410. The van der Waals surface area contributed by atoms with Gasteiger partial charge in [0.15, 0.2) is 0 Å². The van der Waals surface area contributed by atoms with E-state index in [2.05, 4.69) is 9.80 Å². The number of anilines is 1. The Labute approximate surface area is 141 Å². The van der Waals surface area contributed by atoms with E-state index in [-0.39, 0.29) is 0 Å². The van der Waals surface area contributed by atoms with Gasteiger partial charge in [0, 0.05) is 42.9 Å². The summed E-state index contributed by atoms with van der Waals surface area (Å²) in [7, 11) is 0. The number of hydrogen-bond donors (Lipinski definition) is 2. The van der Waals surface area contributed by atoms with Crippen LogP contribution in [0.2, 0.25) is 5.02 Å². The summed E-state index contributed by atoms with van der Waals surface area (Å²) in [6.45, 7) is 3.17. The molecule has 0 saturated carbocycles. The predicted molar refractivity (Wildman–Crippen MR) is 90.0 cm³/mol. The van der Waals surface area contributed by atoms with Crippen molar-refractivity contribution in [3.8, 4) is 0 Å². The van der Waals surface area contributed by atoms with Crippen LogP contribution in [-0.2, 0) is 4.79 Å². The maximum atomic E-state index is 11.3. The molecular formula is C17H23ClN2O3. The topological polar surface area (TPSA) is 64.0 Å². The van der Waals surface area contributed by atoms with Crippen LogP contribution in [0.4, 0.5) is 5.69 Å². The fraction of sp³-hybridized carbons (Fsp3) is 0.588. The van der Waals surface area contributed by atoms with Crippen molar-refractivity contribution in [1.82, 2.24) is 4.90 Å². The molecule has 1 aromatic carbocycles. The lowest BCUT2D eigenvalue weighted by molar-refractivity contribution is -0.149. The van der Waals surface area contributed by atoms with E-state index in [9.17, 15) is 15.0 Å². The molecule has 2 heterocycles. The molecule has 2 unspecified atom stereocenters. The van der Waals surface area contributed by atoms with Gasteiger partial charge in [-0.3, -0.25) is 9.69 Å². The van der Waals surface area contributed by atoms with Crippen molar-refractivity contribution in [3.05, 3.63) is 29.3 Å². The Kier molecular flexibility index (Phi) is 5.09. The van der Waals surface area contributed by atoms with E-state index in [1.807, 2.05) is 24.3 Å². The zero-order valence-electron chi connectivity index (χ0n) is 13.1. The molecule has 1 aromatic rings. The average Bonchev–Trinajstić information content (AvgIpc) is 2.56. The second-order valence-corrected chi connectivity index (χ2v) is 6.93. The fourth-order valence-electron chi connectivity index (χ4n) is 3.68. The van der Waals surface area contributed by atoms with Gasteiger partial charge >= 0.3 is 5.97 Å². The zero-order chi connectivity index (χ0) is 16.4. The van der Waals surface area contributed by atoms with Crippen LogP contribution in [0.1, 0.15) is 19.3 Å². The number of piperidine rings is 2. The molecule has 2 atom stereocenters. The third kappa shape index (κ3) is 3.79. The number of aliphatic hydroxyl groups excluding tert-OH is 1. The Bertz CT molecular complexity index is 543. The van der Waals surface area contributed by atoms with Crippen molar-refractivity contribution in [2.45, 2.75) is 31.4 Å². The van der Waals surface area contributed by atoms with E-state index in [1.54, 1.807) is 0 Å². The number of carboxylic acids is 1. The Morgan fingerprint density at radius 3 is 2.35 bits per heavy atom. The largest absolute Gasteiger partial charge is 0.481 e. The molecule has 2 saturated heterocycles. The SMILES string of the molecule is O=C(O)C1CN(C2CCN(c3ccc(Cl)cc3)CC2)CCC1O. The van der Waals surface area contributed by atoms with Crippen LogP contribution < -0.4 is 4.90 Å². The Hall–Kier alpha value is -1.30. The Morgan fingerprint density at radius 2 is 1.74 bits per heavy atom. The highest BCUT2D eigenvalue weighted by atomic mass is 35.5. The van der Waals surface area contributed by atoms with Gasteiger partial charge in [0.2, 0.25) is 0 Å². The molecular weight excluding hydrogens is 316 g/mol. The number of carbonyl (C=O) groups is 1. The summed E-state index contributed by atoms with van der Waals surface area (Å²) in [6, 6.07) is 8.31. The first kappa shape index (κ1) is 16.6. The average molecular weight is 339 g/mol. The number of carboxylic acid groups (broad SMARTS) is 1. The first-order valence-electron chi connectivity index (χ1n) is 8.20. The van der Waals surface area contributed by atoms with Gasteiger partial charge < -0.3 is 15.1 Å². The van der Waals surface area contributed by atoms with Crippen molar-refractivity contribution in [1.29, 1.82) is 0 Å². The molecule has 0 aromatic heterocycles. The third-order valence-electron chi connectivity index (χ3n) is 5.10. The highest BCUT2D eigenvalue weighted by molar-refractivity contribution is 6.30. The Morgan fingerprint density at radius 1 is 1.09 bits per heavy atom. The molecule has 2 aliphatic heterocycles. The number of nitrogens with zero attached hydrogens (tertiary/aromatic N) is 2. The highest BCUT2D eigenvalue weighted by Gasteiger charge is 2.36. The second-order valence-electron chi connectivity index (χ2n) is 6.49. The van der Waals surface area contributed by atoms with Gasteiger partial charge in [-0.2, -0.15) is 0 Å². The number of rotatable bonds is 3. The lowest BCUT2D eigenvalue weighted by Crippen LogP contribution is -2.53.